The highest BCUT2D eigenvalue weighted by Gasteiger charge is 2.28. The van der Waals surface area contributed by atoms with Crippen LogP contribution in [0.2, 0.25) is 0 Å². The molecule has 2 aromatic rings. The number of benzene rings is 2. The Morgan fingerprint density at radius 3 is 2.33 bits per heavy atom. The Bertz CT molecular complexity index is 819. The van der Waals surface area contributed by atoms with Crippen molar-refractivity contribution in [2.45, 2.75) is 17.9 Å². The van der Waals surface area contributed by atoms with E-state index in [1.807, 2.05) is 19.1 Å². The van der Waals surface area contributed by atoms with Gasteiger partial charge in [-0.15, -0.1) is 0 Å². The molecule has 0 aromatic heterocycles. The first-order chi connectivity index (χ1) is 13.0. The van der Waals surface area contributed by atoms with Gasteiger partial charge in [0.05, 0.1) is 36.4 Å². The van der Waals surface area contributed by atoms with Crippen molar-refractivity contribution in [1.82, 2.24) is 4.90 Å². The van der Waals surface area contributed by atoms with Crippen LogP contribution in [-0.4, -0.2) is 63.9 Å². The lowest BCUT2D eigenvalue weighted by atomic mass is 10.2. The van der Waals surface area contributed by atoms with Crippen LogP contribution in [0.5, 0.6) is 0 Å². The maximum Gasteiger partial charge on any atom is 0.264 e. The van der Waals surface area contributed by atoms with E-state index in [-0.39, 0.29) is 11.4 Å². The monoisotopic (exact) mass is 390 g/mol. The molecule has 3 rings (SSSR count). The number of aryl methyl sites for hydroxylation is 1. The summed E-state index contributed by atoms with van der Waals surface area (Å²) in [5.41, 5.74) is 1.59. The smallest absolute Gasteiger partial charge is 0.264 e. The topological polar surface area (TPSA) is 70.1 Å². The maximum atomic E-state index is 13.2. The van der Waals surface area contributed by atoms with E-state index in [0.29, 0.717) is 25.4 Å². The third-order valence-corrected chi connectivity index (χ3v) is 6.41. The number of rotatable bonds is 7. The molecule has 0 aliphatic carbocycles. The summed E-state index contributed by atoms with van der Waals surface area (Å²) < 4.78 is 33.1. The number of morpholine rings is 1. The average molecular weight is 391 g/mol. The van der Waals surface area contributed by atoms with Crippen LogP contribution in [0.15, 0.2) is 59.5 Å². The Kier molecular flexibility index (Phi) is 6.49. The van der Waals surface area contributed by atoms with Gasteiger partial charge >= 0.3 is 0 Å². The highest BCUT2D eigenvalue weighted by atomic mass is 32.2. The molecule has 1 unspecified atom stereocenters. The molecule has 6 nitrogen and oxygen atoms in total. The lowest BCUT2D eigenvalue weighted by Crippen LogP contribution is -2.46. The number of sulfonamides is 1. The molecule has 2 aromatic carbocycles. The van der Waals surface area contributed by atoms with Crippen LogP contribution in [0.25, 0.3) is 0 Å². The molecule has 0 amide bonds. The van der Waals surface area contributed by atoms with Crippen LogP contribution in [0.3, 0.4) is 0 Å². The summed E-state index contributed by atoms with van der Waals surface area (Å²) >= 11 is 0. The zero-order chi connectivity index (χ0) is 19.3. The molecule has 0 radical (unpaired) electrons. The molecule has 1 atom stereocenters. The summed E-state index contributed by atoms with van der Waals surface area (Å²) in [6.07, 6.45) is -0.803. The Morgan fingerprint density at radius 1 is 1.07 bits per heavy atom. The predicted molar refractivity (Wildman–Crippen MR) is 105 cm³/mol. The molecular weight excluding hydrogens is 364 g/mol. The van der Waals surface area contributed by atoms with Gasteiger partial charge in [-0.2, -0.15) is 0 Å². The third-order valence-electron chi connectivity index (χ3n) is 4.60. The van der Waals surface area contributed by atoms with Gasteiger partial charge < -0.3 is 9.84 Å². The predicted octanol–water partition coefficient (Wildman–Crippen LogP) is 1.88. The largest absolute Gasteiger partial charge is 0.390 e. The van der Waals surface area contributed by atoms with E-state index in [1.165, 1.54) is 4.31 Å². The second kappa shape index (κ2) is 8.84. The summed E-state index contributed by atoms with van der Waals surface area (Å²) in [5.74, 6) is 0. The molecule has 27 heavy (non-hydrogen) atoms. The van der Waals surface area contributed by atoms with Crippen molar-refractivity contribution in [2.24, 2.45) is 0 Å². The number of nitrogens with zero attached hydrogens (tertiary/aromatic N) is 2. The van der Waals surface area contributed by atoms with E-state index in [2.05, 4.69) is 4.90 Å². The standard InChI is InChI=1S/C20H26N2O4S/c1-17-7-9-18(10-8-17)22(27(24,25)20-5-3-2-4-6-20)16-19(23)15-21-11-13-26-14-12-21/h2-10,19,23H,11-16H2,1H3. The van der Waals surface area contributed by atoms with Crippen molar-refractivity contribution in [3.63, 3.8) is 0 Å². The summed E-state index contributed by atoms with van der Waals surface area (Å²) in [4.78, 5) is 2.31. The fraction of sp³-hybridized carbons (Fsp3) is 0.400. The Morgan fingerprint density at radius 2 is 1.70 bits per heavy atom. The fourth-order valence-electron chi connectivity index (χ4n) is 3.10. The normalized spacial score (nSPS) is 16.8. The summed E-state index contributed by atoms with van der Waals surface area (Å²) in [7, 11) is -3.77. The number of hydrogen-bond acceptors (Lipinski definition) is 5. The van der Waals surface area contributed by atoms with Gasteiger partial charge in [0.1, 0.15) is 0 Å². The number of ether oxygens (including phenoxy) is 1. The van der Waals surface area contributed by atoms with Crippen LogP contribution < -0.4 is 4.31 Å². The molecular formula is C20H26N2O4S. The number of hydrogen-bond donors (Lipinski definition) is 1. The van der Waals surface area contributed by atoms with Gasteiger partial charge in [0.25, 0.3) is 10.0 Å². The van der Waals surface area contributed by atoms with Crippen LogP contribution in [0, 0.1) is 6.92 Å². The molecule has 1 aliphatic heterocycles. The SMILES string of the molecule is Cc1ccc(N(CC(O)CN2CCOCC2)S(=O)(=O)c2ccccc2)cc1. The molecule has 1 N–H and O–H groups in total. The van der Waals surface area contributed by atoms with Gasteiger partial charge in [-0.25, -0.2) is 8.42 Å². The number of β-amino-alcohol motifs (C(OH)–C–C–N with tert-alkyl or cyclic N) is 1. The molecule has 0 saturated carbocycles. The minimum atomic E-state index is -3.77. The first-order valence-corrected chi connectivity index (χ1v) is 10.5. The molecule has 7 heteroatoms. The van der Waals surface area contributed by atoms with Crippen molar-refractivity contribution >= 4 is 15.7 Å². The van der Waals surface area contributed by atoms with Crippen LogP contribution in [-0.2, 0) is 14.8 Å². The van der Waals surface area contributed by atoms with E-state index in [9.17, 15) is 13.5 Å². The Hall–Kier alpha value is -1.93. The molecule has 1 heterocycles. The van der Waals surface area contributed by atoms with E-state index in [1.54, 1.807) is 42.5 Å². The summed E-state index contributed by atoms with van der Waals surface area (Å²) in [6.45, 7) is 5.12. The van der Waals surface area contributed by atoms with Crippen LogP contribution >= 0.6 is 0 Å². The Labute approximate surface area is 161 Å². The highest BCUT2D eigenvalue weighted by Crippen LogP contribution is 2.24. The minimum absolute atomic E-state index is 0.00234. The molecule has 1 fully saturated rings. The van der Waals surface area contributed by atoms with Crippen molar-refractivity contribution in [3.05, 3.63) is 60.2 Å². The van der Waals surface area contributed by atoms with Gasteiger partial charge in [0.2, 0.25) is 0 Å². The summed E-state index contributed by atoms with van der Waals surface area (Å²) in [6, 6.07) is 15.6. The first-order valence-electron chi connectivity index (χ1n) is 9.09. The van der Waals surface area contributed by atoms with Gasteiger partial charge in [-0.05, 0) is 31.2 Å². The molecule has 146 valence electrons. The van der Waals surface area contributed by atoms with Crippen LogP contribution in [0.4, 0.5) is 5.69 Å². The second-order valence-electron chi connectivity index (χ2n) is 6.75. The summed E-state index contributed by atoms with van der Waals surface area (Å²) in [5, 5.41) is 10.6. The zero-order valence-electron chi connectivity index (χ0n) is 15.5. The molecule has 0 bridgehead atoms. The second-order valence-corrected chi connectivity index (χ2v) is 8.61. The number of aliphatic hydroxyl groups is 1. The quantitative estimate of drug-likeness (QED) is 0.782. The minimum Gasteiger partial charge on any atom is -0.390 e. The lowest BCUT2D eigenvalue weighted by molar-refractivity contribution is 0.0166. The van der Waals surface area contributed by atoms with Crippen molar-refractivity contribution < 1.29 is 18.3 Å². The van der Waals surface area contributed by atoms with Gasteiger partial charge in [0.15, 0.2) is 0 Å². The maximum absolute atomic E-state index is 13.2. The lowest BCUT2D eigenvalue weighted by Gasteiger charge is -2.31. The van der Waals surface area contributed by atoms with Crippen molar-refractivity contribution in [2.75, 3.05) is 43.7 Å². The van der Waals surface area contributed by atoms with E-state index < -0.39 is 16.1 Å². The first kappa shape index (κ1) is 19.8. The van der Waals surface area contributed by atoms with E-state index in [0.717, 1.165) is 18.7 Å². The average Bonchev–Trinajstić information content (AvgIpc) is 2.68. The molecule has 0 spiro atoms. The molecule has 1 saturated heterocycles. The third kappa shape index (κ3) is 5.07. The van der Waals surface area contributed by atoms with Crippen molar-refractivity contribution in [3.8, 4) is 0 Å². The van der Waals surface area contributed by atoms with Crippen LogP contribution in [0.1, 0.15) is 5.56 Å². The van der Waals surface area contributed by atoms with Gasteiger partial charge in [0, 0.05) is 19.6 Å². The fourth-order valence-corrected chi connectivity index (χ4v) is 4.63. The molecule has 1 aliphatic rings. The highest BCUT2D eigenvalue weighted by molar-refractivity contribution is 7.92. The Balaban J connectivity index is 1.84. The van der Waals surface area contributed by atoms with Gasteiger partial charge in [-0.1, -0.05) is 35.9 Å². The van der Waals surface area contributed by atoms with Crippen molar-refractivity contribution in [1.29, 1.82) is 0 Å². The van der Waals surface area contributed by atoms with E-state index >= 15 is 0 Å². The number of anilines is 1. The van der Waals surface area contributed by atoms with Gasteiger partial charge in [-0.3, -0.25) is 9.21 Å². The van der Waals surface area contributed by atoms with E-state index in [4.69, 9.17) is 4.74 Å². The zero-order valence-corrected chi connectivity index (χ0v) is 16.3. The number of aliphatic hydroxyl groups excluding tert-OH is 1.